The number of ether oxygens (including phenoxy) is 1. The molecule has 1 N–H and O–H groups in total. The van der Waals surface area contributed by atoms with Gasteiger partial charge in [-0.25, -0.2) is 0 Å². The van der Waals surface area contributed by atoms with Crippen molar-refractivity contribution in [2.75, 3.05) is 26.7 Å². The topological polar surface area (TPSA) is 32.7 Å². The van der Waals surface area contributed by atoms with Crippen LogP contribution in [0.5, 0.6) is 0 Å². The molecular weight excluding hydrogens is 166 g/mol. The Morgan fingerprint density at radius 3 is 2.85 bits per heavy atom. The van der Waals surface area contributed by atoms with Gasteiger partial charge in [-0.2, -0.15) is 0 Å². The van der Waals surface area contributed by atoms with Gasteiger partial charge in [0.2, 0.25) is 0 Å². The SMILES string of the molecule is COC1CN(CC(C)O)CCC1C. The van der Waals surface area contributed by atoms with Crippen molar-refractivity contribution in [2.45, 2.75) is 32.5 Å². The lowest BCUT2D eigenvalue weighted by atomic mass is 9.96. The van der Waals surface area contributed by atoms with E-state index in [1.807, 2.05) is 6.92 Å². The van der Waals surface area contributed by atoms with Gasteiger partial charge in [-0.1, -0.05) is 6.92 Å². The minimum absolute atomic E-state index is 0.231. The van der Waals surface area contributed by atoms with Crippen molar-refractivity contribution >= 4 is 0 Å². The van der Waals surface area contributed by atoms with E-state index >= 15 is 0 Å². The van der Waals surface area contributed by atoms with Crippen LogP contribution in [0.15, 0.2) is 0 Å². The summed E-state index contributed by atoms with van der Waals surface area (Å²) in [7, 11) is 1.77. The molecule has 1 saturated heterocycles. The smallest absolute Gasteiger partial charge is 0.0724 e. The minimum atomic E-state index is -0.231. The average molecular weight is 187 g/mol. The van der Waals surface area contributed by atoms with Crippen molar-refractivity contribution in [1.29, 1.82) is 0 Å². The third kappa shape index (κ3) is 3.25. The van der Waals surface area contributed by atoms with Gasteiger partial charge in [-0.3, -0.25) is 4.90 Å². The predicted octanol–water partition coefficient (Wildman–Crippen LogP) is 0.724. The van der Waals surface area contributed by atoms with E-state index in [1.54, 1.807) is 7.11 Å². The second-order valence-electron chi connectivity index (χ2n) is 4.15. The quantitative estimate of drug-likeness (QED) is 0.707. The summed E-state index contributed by atoms with van der Waals surface area (Å²) in [5.41, 5.74) is 0. The van der Waals surface area contributed by atoms with Crippen molar-refractivity contribution in [1.82, 2.24) is 4.90 Å². The lowest BCUT2D eigenvalue weighted by Crippen LogP contribution is -2.46. The Balaban J connectivity index is 2.36. The van der Waals surface area contributed by atoms with Gasteiger partial charge in [-0.15, -0.1) is 0 Å². The molecule has 0 amide bonds. The van der Waals surface area contributed by atoms with Crippen molar-refractivity contribution in [3.05, 3.63) is 0 Å². The highest BCUT2D eigenvalue weighted by Crippen LogP contribution is 2.19. The van der Waals surface area contributed by atoms with E-state index < -0.39 is 0 Å². The summed E-state index contributed by atoms with van der Waals surface area (Å²) in [5.74, 6) is 0.648. The molecule has 3 atom stereocenters. The van der Waals surface area contributed by atoms with Crippen LogP contribution < -0.4 is 0 Å². The Morgan fingerprint density at radius 2 is 2.31 bits per heavy atom. The Morgan fingerprint density at radius 1 is 1.62 bits per heavy atom. The maximum atomic E-state index is 9.25. The molecule has 1 fully saturated rings. The van der Waals surface area contributed by atoms with Crippen LogP contribution in [0.4, 0.5) is 0 Å². The summed E-state index contributed by atoms with van der Waals surface area (Å²) in [6.07, 6.45) is 1.28. The molecule has 0 aromatic heterocycles. The molecule has 0 saturated carbocycles. The Bertz CT molecular complexity index is 150. The summed E-state index contributed by atoms with van der Waals surface area (Å²) in [6, 6.07) is 0. The highest BCUT2D eigenvalue weighted by Gasteiger charge is 2.26. The van der Waals surface area contributed by atoms with Gasteiger partial charge in [0.25, 0.3) is 0 Å². The van der Waals surface area contributed by atoms with Crippen LogP contribution in [0.3, 0.4) is 0 Å². The molecule has 0 radical (unpaired) electrons. The fourth-order valence-electron chi connectivity index (χ4n) is 1.94. The van der Waals surface area contributed by atoms with Crippen LogP contribution >= 0.6 is 0 Å². The number of aliphatic hydroxyl groups excluding tert-OH is 1. The fraction of sp³-hybridized carbons (Fsp3) is 1.00. The first kappa shape index (κ1) is 11.0. The molecule has 3 heteroatoms. The molecule has 13 heavy (non-hydrogen) atoms. The number of nitrogens with zero attached hydrogens (tertiary/aromatic N) is 1. The molecule has 0 aromatic rings. The van der Waals surface area contributed by atoms with E-state index in [0.717, 1.165) is 19.6 Å². The van der Waals surface area contributed by atoms with Crippen molar-refractivity contribution in [2.24, 2.45) is 5.92 Å². The number of β-amino-alcohol motifs (C(OH)–C–C–N with tert-alkyl or cyclic N) is 1. The van der Waals surface area contributed by atoms with Crippen LogP contribution in [0.1, 0.15) is 20.3 Å². The van der Waals surface area contributed by atoms with Crippen molar-refractivity contribution < 1.29 is 9.84 Å². The molecule has 1 aliphatic heterocycles. The number of hydrogen-bond donors (Lipinski definition) is 1. The van der Waals surface area contributed by atoms with Crippen LogP contribution in [0, 0.1) is 5.92 Å². The Hall–Kier alpha value is -0.120. The maximum absolute atomic E-state index is 9.25. The maximum Gasteiger partial charge on any atom is 0.0724 e. The first-order valence-electron chi connectivity index (χ1n) is 5.06. The lowest BCUT2D eigenvalue weighted by Gasteiger charge is -2.36. The number of piperidine rings is 1. The van der Waals surface area contributed by atoms with Crippen molar-refractivity contribution in [3.8, 4) is 0 Å². The molecule has 0 aromatic carbocycles. The van der Waals surface area contributed by atoms with Crippen LogP contribution in [0.25, 0.3) is 0 Å². The first-order valence-corrected chi connectivity index (χ1v) is 5.06. The zero-order valence-electron chi connectivity index (χ0n) is 8.86. The van der Waals surface area contributed by atoms with Gasteiger partial charge in [0.15, 0.2) is 0 Å². The Kier molecular flexibility index (Phi) is 4.16. The normalized spacial score (nSPS) is 33.2. The third-order valence-corrected chi connectivity index (χ3v) is 2.80. The highest BCUT2D eigenvalue weighted by atomic mass is 16.5. The van der Waals surface area contributed by atoms with Gasteiger partial charge in [0.1, 0.15) is 0 Å². The summed E-state index contributed by atoms with van der Waals surface area (Å²) < 4.78 is 5.39. The average Bonchev–Trinajstić information content (AvgIpc) is 2.07. The second-order valence-corrected chi connectivity index (χ2v) is 4.15. The zero-order chi connectivity index (χ0) is 9.84. The molecule has 1 heterocycles. The monoisotopic (exact) mass is 187 g/mol. The summed E-state index contributed by atoms with van der Waals surface area (Å²) in [6.45, 7) is 6.88. The summed E-state index contributed by atoms with van der Waals surface area (Å²) >= 11 is 0. The van der Waals surface area contributed by atoms with Gasteiger partial charge < -0.3 is 9.84 Å². The van der Waals surface area contributed by atoms with E-state index in [4.69, 9.17) is 4.74 Å². The van der Waals surface area contributed by atoms with E-state index in [1.165, 1.54) is 6.42 Å². The second kappa shape index (κ2) is 4.94. The van der Waals surface area contributed by atoms with Gasteiger partial charge in [0, 0.05) is 20.2 Å². The molecule has 0 aliphatic carbocycles. The number of aliphatic hydroxyl groups is 1. The third-order valence-electron chi connectivity index (χ3n) is 2.80. The summed E-state index contributed by atoms with van der Waals surface area (Å²) in [4.78, 5) is 2.28. The van der Waals surface area contributed by atoms with Crippen molar-refractivity contribution in [3.63, 3.8) is 0 Å². The Labute approximate surface area is 80.7 Å². The molecule has 0 bridgehead atoms. The van der Waals surface area contributed by atoms with E-state index in [-0.39, 0.29) is 6.10 Å². The van der Waals surface area contributed by atoms with E-state index in [9.17, 15) is 5.11 Å². The molecule has 1 rings (SSSR count). The predicted molar refractivity (Wildman–Crippen MR) is 52.7 cm³/mol. The molecular formula is C10H21NO2. The highest BCUT2D eigenvalue weighted by molar-refractivity contribution is 4.79. The first-order chi connectivity index (χ1) is 6.13. The standard InChI is InChI=1S/C10H21NO2/c1-8-4-5-11(6-9(2)12)7-10(8)13-3/h8-10,12H,4-7H2,1-3H3. The number of methoxy groups -OCH3 is 1. The molecule has 1 aliphatic rings. The van der Waals surface area contributed by atoms with Crippen LogP contribution in [-0.4, -0.2) is 49.0 Å². The molecule has 0 spiro atoms. The van der Waals surface area contributed by atoms with Gasteiger partial charge in [-0.05, 0) is 25.8 Å². The van der Waals surface area contributed by atoms with Crippen LogP contribution in [0.2, 0.25) is 0 Å². The van der Waals surface area contributed by atoms with E-state index in [0.29, 0.717) is 12.0 Å². The minimum Gasteiger partial charge on any atom is -0.392 e. The largest absolute Gasteiger partial charge is 0.392 e. The molecule has 78 valence electrons. The molecule has 3 unspecified atom stereocenters. The molecule has 3 nitrogen and oxygen atoms in total. The summed E-state index contributed by atoms with van der Waals surface area (Å²) in [5, 5.41) is 9.25. The lowest BCUT2D eigenvalue weighted by molar-refractivity contribution is -0.0158. The number of rotatable bonds is 3. The van der Waals surface area contributed by atoms with Gasteiger partial charge in [0.05, 0.1) is 12.2 Å². The van der Waals surface area contributed by atoms with Crippen LogP contribution in [-0.2, 0) is 4.74 Å². The zero-order valence-corrected chi connectivity index (χ0v) is 8.86. The fourth-order valence-corrected chi connectivity index (χ4v) is 1.94. The van der Waals surface area contributed by atoms with Gasteiger partial charge >= 0.3 is 0 Å². The number of likely N-dealkylation sites (tertiary alicyclic amines) is 1. The number of hydrogen-bond acceptors (Lipinski definition) is 3. The van der Waals surface area contributed by atoms with E-state index in [2.05, 4.69) is 11.8 Å².